The van der Waals surface area contributed by atoms with Crippen LogP contribution in [0, 0.1) is 0 Å². The van der Waals surface area contributed by atoms with Crippen LogP contribution in [0.1, 0.15) is 16.1 Å². The van der Waals surface area contributed by atoms with Crippen LogP contribution >= 0.6 is 39.1 Å². The summed E-state index contributed by atoms with van der Waals surface area (Å²) in [4.78, 5) is 16.2. The predicted octanol–water partition coefficient (Wildman–Crippen LogP) is 3.76. The minimum Gasteiger partial charge on any atom is -0.456 e. The van der Waals surface area contributed by atoms with Crippen LogP contribution in [0.25, 0.3) is 0 Å². The van der Waals surface area contributed by atoms with E-state index < -0.39 is 16.0 Å². The number of ether oxygens (including phenoxy) is 1. The zero-order valence-corrected chi connectivity index (χ0v) is 17.1. The summed E-state index contributed by atoms with van der Waals surface area (Å²) in [7, 11) is -0.911. The van der Waals surface area contributed by atoms with Crippen molar-refractivity contribution in [1.29, 1.82) is 0 Å². The van der Waals surface area contributed by atoms with Gasteiger partial charge in [-0.05, 0) is 46.3 Å². The second-order valence-electron chi connectivity index (χ2n) is 5.07. The van der Waals surface area contributed by atoms with E-state index >= 15 is 0 Å². The summed E-state index contributed by atoms with van der Waals surface area (Å²) in [6.07, 6.45) is 0. The molecule has 0 aliphatic rings. The van der Waals surface area contributed by atoms with Gasteiger partial charge in [0.2, 0.25) is 10.0 Å². The molecule has 1 aromatic carbocycles. The SMILES string of the molecule is CN(C)S(=O)(=O)c1cc(C(=O)OCc2nc(Cl)ccc2Cl)ccc1Br. The molecule has 134 valence electrons. The summed E-state index contributed by atoms with van der Waals surface area (Å²) < 4.78 is 31.1. The molecule has 1 heterocycles. The average Bonchev–Trinajstić information content (AvgIpc) is 2.55. The van der Waals surface area contributed by atoms with E-state index in [9.17, 15) is 13.2 Å². The summed E-state index contributed by atoms with van der Waals surface area (Å²) >= 11 is 14.9. The van der Waals surface area contributed by atoms with Crippen molar-refractivity contribution in [3.05, 3.63) is 56.2 Å². The Morgan fingerprint density at radius 1 is 1.24 bits per heavy atom. The standard InChI is InChI=1S/C15H13BrCl2N2O4S/c1-20(2)25(22,23)13-7-9(3-4-10(13)16)15(21)24-8-12-11(17)5-6-14(18)19-12/h3-7H,8H2,1-2H3. The zero-order valence-electron chi connectivity index (χ0n) is 13.2. The van der Waals surface area contributed by atoms with Crippen molar-refractivity contribution in [3.8, 4) is 0 Å². The first-order chi connectivity index (χ1) is 11.6. The van der Waals surface area contributed by atoms with Gasteiger partial charge in [0.1, 0.15) is 11.8 Å². The Balaban J connectivity index is 2.24. The number of benzene rings is 1. The van der Waals surface area contributed by atoms with Crippen LogP contribution in [0.15, 0.2) is 39.7 Å². The topological polar surface area (TPSA) is 76.6 Å². The Kier molecular flexibility index (Phi) is 6.45. The highest BCUT2D eigenvalue weighted by Gasteiger charge is 2.22. The highest BCUT2D eigenvalue weighted by atomic mass is 79.9. The Hall–Kier alpha value is -1.19. The molecule has 10 heteroatoms. The number of hydrogen-bond acceptors (Lipinski definition) is 5. The number of esters is 1. The van der Waals surface area contributed by atoms with E-state index in [-0.39, 0.29) is 22.2 Å². The molecule has 25 heavy (non-hydrogen) atoms. The first-order valence-corrected chi connectivity index (χ1v) is 9.82. The lowest BCUT2D eigenvalue weighted by Crippen LogP contribution is -2.23. The molecule has 0 saturated heterocycles. The molecular weight excluding hydrogens is 455 g/mol. The molecule has 0 N–H and O–H groups in total. The Morgan fingerprint density at radius 2 is 1.92 bits per heavy atom. The summed E-state index contributed by atoms with van der Waals surface area (Å²) in [6.45, 7) is -0.190. The molecule has 1 aromatic heterocycles. The second kappa shape index (κ2) is 8.01. The van der Waals surface area contributed by atoms with Crippen molar-refractivity contribution in [2.45, 2.75) is 11.5 Å². The summed E-state index contributed by atoms with van der Waals surface area (Å²) in [5.41, 5.74) is 0.391. The molecule has 2 rings (SSSR count). The molecule has 0 aliphatic heterocycles. The van der Waals surface area contributed by atoms with Crippen LogP contribution in [0.5, 0.6) is 0 Å². The number of nitrogens with zero attached hydrogens (tertiary/aromatic N) is 2. The molecule has 0 atom stereocenters. The molecule has 6 nitrogen and oxygen atoms in total. The Morgan fingerprint density at radius 3 is 2.56 bits per heavy atom. The Labute approximate surface area is 163 Å². The molecule has 0 spiro atoms. The predicted molar refractivity (Wildman–Crippen MR) is 98.4 cm³/mol. The average molecular weight is 468 g/mol. The van der Waals surface area contributed by atoms with Gasteiger partial charge in [-0.3, -0.25) is 0 Å². The number of aromatic nitrogens is 1. The van der Waals surface area contributed by atoms with Gasteiger partial charge in [-0.15, -0.1) is 0 Å². The van der Waals surface area contributed by atoms with Crippen molar-refractivity contribution in [1.82, 2.24) is 9.29 Å². The normalized spacial score (nSPS) is 11.6. The molecule has 0 radical (unpaired) electrons. The largest absolute Gasteiger partial charge is 0.456 e. The van der Waals surface area contributed by atoms with Crippen molar-refractivity contribution in [2.75, 3.05) is 14.1 Å². The van der Waals surface area contributed by atoms with Crippen LogP contribution in [-0.2, 0) is 21.4 Å². The zero-order chi connectivity index (χ0) is 18.8. The van der Waals surface area contributed by atoms with Crippen molar-refractivity contribution >= 4 is 55.1 Å². The third-order valence-electron chi connectivity index (χ3n) is 3.15. The van der Waals surface area contributed by atoms with Gasteiger partial charge in [0.15, 0.2) is 0 Å². The van der Waals surface area contributed by atoms with E-state index in [0.29, 0.717) is 15.2 Å². The highest BCUT2D eigenvalue weighted by molar-refractivity contribution is 9.10. The third kappa shape index (κ3) is 4.71. The van der Waals surface area contributed by atoms with E-state index in [1.165, 1.54) is 38.4 Å². The molecule has 0 amide bonds. The highest BCUT2D eigenvalue weighted by Crippen LogP contribution is 2.26. The van der Waals surface area contributed by atoms with Gasteiger partial charge in [-0.2, -0.15) is 0 Å². The van der Waals surface area contributed by atoms with Crippen LogP contribution < -0.4 is 0 Å². The van der Waals surface area contributed by atoms with Gasteiger partial charge < -0.3 is 4.74 Å². The van der Waals surface area contributed by atoms with Crippen LogP contribution in [0.2, 0.25) is 10.2 Å². The quantitative estimate of drug-likeness (QED) is 0.494. The first kappa shape index (κ1) is 20.1. The fraction of sp³-hybridized carbons (Fsp3) is 0.200. The first-order valence-electron chi connectivity index (χ1n) is 6.83. The maximum Gasteiger partial charge on any atom is 0.338 e. The van der Waals surface area contributed by atoms with E-state index in [4.69, 9.17) is 27.9 Å². The number of pyridine rings is 1. The number of hydrogen-bond donors (Lipinski definition) is 0. The lowest BCUT2D eigenvalue weighted by molar-refractivity contribution is 0.0467. The molecule has 0 bridgehead atoms. The molecule has 0 fully saturated rings. The van der Waals surface area contributed by atoms with Crippen molar-refractivity contribution in [3.63, 3.8) is 0 Å². The molecule has 0 aliphatic carbocycles. The number of carbonyl (C=O) groups excluding carboxylic acids is 1. The van der Waals surface area contributed by atoms with Gasteiger partial charge in [-0.1, -0.05) is 23.2 Å². The molecule has 2 aromatic rings. The van der Waals surface area contributed by atoms with E-state index in [1.54, 1.807) is 6.07 Å². The molecule has 0 saturated carbocycles. The van der Waals surface area contributed by atoms with E-state index in [0.717, 1.165) is 4.31 Å². The van der Waals surface area contributed by atoms with Crippen LogP contribution in [-0.4, -0.2) is 37.8 Å². The number of sulfonamides is 1. The van der Waals surface area contributed by atoms with E-state index in [1.807, 2.05) is 0 Å². The number of rotatable bonds is 5. The van der Waals surface area contributed by atoms with Crippen molar-refractivity contribution in [2.24, 2.45) is 0 Å². The maximum atomic E-state index is 12.3. The number of carbonyl (C=O) groups is 1. The third-order valence-corrected chi connectivity index (χ3v) is 6.51. The second-order valence-corrected chi connectivity index (χ2v) is 8.84. The lowest BCUT2D eigenvalue weighted by atomic mass is 10.2. The van der Waals surface area contributed by atoms with Gasteiger partial charge in [0, 0.05) is 18.6 Å². The monoisotopic (exact) mass is 466 g/mol. The van der Waals surface area contributed by atoms with Gasteiger partial charge >= 0.3 is 5.97 Å². The minimum absolute atomic E-state index is 0.0362. The molecule has 0 unspecified atom stereocenters. The minimum atomic E-state index is -3.72. The van der Waals surface area contributed by atoms with E-state index in [2.05, 4.69) is 20.9 Å². The van der Waals surface area contributed by atoms with Crippen LogP contribution in [0.4, 0.5) is 0 Å². The van der Waals surface area contributed by atoms with Gasteiger partial charge in [-0.25, -0.2) is 22.5 Å². The lowest BCUT2D eigenvalue weighted by Gasteiger charge is -2.14. The smallest absolute Gasteiger partial charge is 0.338 e. The Bertz CT molecular complexity index is 920. The fourth-order valence-corrected chi connectivity index (χ4v) is 3.97. The van der Waals surface area contributed by atoms with Gasteiger partial charge in [0.25, 0.3) is 0 Å². The summed E-state index contributed by atoms with van der Waals surface area (Å²) in [6, 6.07) is 7.23. The van der Waals surface area contributed by atoms with Gasteiger partial charge in [0.05, 0.1) is 21.2 Å². The van der Waals surface area contributed by atoms with Crippen molar-refractivity contribution < 1.29 is 17.9 Å². The summed E-state index contributed by atoms with van der Waals surface area (Å²) in [5.74, 6) is -0.708. The maximum absolute atomic E-state index is 12.3. The molecular formula is C15H13BrCl2N2O4S. The van der Waals surface area contributed by atoms with Crippen LogP contribution in [0.3, 0.4) is 0 Å². The number of halogens is 3. The fourth-order valence-electron chi connectivity index (χ4n) is 1.80. The summed E-state index contributed by atoms with van der Waals surface area (Å²) in [5, 5.41) is 0.530.